The Hall–Kier alpha value is -1.96. The molecule has 0 fully saturated rings. The number of rotatable bonds is 2. The Balaban J connectivity index is 2.22. The lowest BCUT2D eigenvalue weighted by atomic mass is 10.2. The first-order valence-electron chi connectivity index (χ1n) is 5.57. The number of hydrogen-bond acceptors (Lipinski definition) is 2. The molecule has 21 heavy (non-hydrogen) atoms. The number of amides is 1. The fourth-order valence-corrected chi connectivity index (χ4v) is 1.88. The molecule has 0 bridgehead atoms. The molecule has 0 aliphatic rings. The molecule has 0 atom stereocenters. The van der Waals surface area contributed by atoms with Crippen LogP contribution in [0.15, 0.2) is 41.0 Å². The van der Waals surface area contributed by atoms with Crippen LogP contribution < -0.4 is 5.32 Å². The third-order valence-corrected chi connectivity index (χ3v) is 3.10. The minimum Gasteiger partial charge on any atom is -0.322 e. The van der Waals surface area contributed by atoms with Gasteiger partial charge in [0.15, 0.2) is 0 Å². The molecule has 1 aromatic heterocycles. The Morgan fingerprint density at radius 3 is 2.52 bits per heavy atom. The zero-order chi connectivity index (χ0) is 15.6. The van der Waals surface area contributed by atoms with Crippen LogP contribution in [0.25, 0.3) is 0 Å². The maximum Gasteiger partial charge on any atom is 0.433 e. The van der Waals surface area contributed by atoms with Crippen molar-refractivity contribution in [3.8, 4) is 0 Å². The third kappa shape index (κ3) is 3.78. The molecule has 0 spiro atoms. The van der Waals surface area contributed by atoms with Crippen molar-refractivity contribution in [1.29, 1.82) is 0 Å². The fourth-order valence-electron chi connectivity index (χ4n) is 1.50. The molecular weight excluding hydrogens is 356 g/mol. The molecule has 2 aromatic rings. The van der Waals surface area contributed by atoms with E-state index in [1.807, 2.05) is 0 Å². The second-order valence-electron chi connectivity index (χ2n) is 4.01. The molecule has 0 aliphatic carbocycles. The number of carbonyl (C=O) groups excluding carboxylic acids is 1. The number of hydrogen-bond donors (Lipinski definition) is 1. The number of halogens is 5. The molecule has 1 aromatic carbocycles. The van der Waals surface area contributed by atoms with E-state index in [4.69, 9.17) is 0 Å². The van der Waals surface area contributed by atoms with Crippen molar-refractivity contribution in [2.75, 3.05) is 5.32 Å². The second-order valence-corrected chi connectivity index (χ2v) is 4.86. The summed E-state index contributed by atoms with van der Waals surface area (Å²) in [4.78, 5) is 15.0. The van der Waals surface area contributed by atoms with E-state index in [-0.39, 0.29) is 15.7 Å². The van der Waals surface area contributed by atoms with Crippen LogP contribution in [0, 0.1) is 5.82 Å². The first-order chi connectivity index (χ1) is 9.77. The standard InChI is InChI=1S/C13H7BrF4N2O/c14-9-6-8(1-2-10(9)15)20-12(21)7-3-4-19-11(5-7)13(16,17)18/h1-6H,(H,20,21). The molecule has 0 radical (unpaired) electrons. The maximum atomic E-state index is 13.1. The van der Waals surface area contributed by atoms with E-state index < -0.39 is 23.6 Å². The van der Waals surface area contributed by atoms with Gasteiger partial charge in [-0.25, -0.2) is 4.39 Å². The SMILES string of the molecule is O=C(Nc1ccc(F)c(Br)c1)c1ccnc(C(F)(F)F)c1. The van der Waals surface area contributed by atoms with Gasteiger partial charge in [0.1, 0.15) is 11.5 Å². The number of aromatic nitrogens is 1. The Labute approximate surface area is 125 Å². The predicted molar refractivity (Wildman–Crippen MR) is 71.3 cm³/mol. The molecule has 110 valence electrons. The van der Waals surface area contributed by atoms with Gasteiger partial charge in [-0.1, -0.05) is 0 Å². The summed E-state index contributed by atoms with van der Waals surface area (Å²) in [5, 5.41) is 2.37. The molecule has 2 rings (SSSR count). The average Bonchev–Trinajstić information content (AvgIpc) is 2.42. The molecule has 1 amide bonds. The summed E-state index contributed by atoms with van der Waals surface area (Å²) in [5.74, 6) is -1.27. The predicted octanol–water partition coefficient (Wildman–Crippen LogP) is 4.25. The highest BCUT2D eigenvalue weighted by Crippen LogP contribution is 2.28. The van der Waals surface area contributed by atoms with Crippen LogP contribution in [0.3, 0.4) is 0 Å². The lowest BCUT2D eigenvalue weighted by Crippen LogP contribution is -2.15. The zero-order valence-corrected chi connectivity index (χ0v) is 11.8. The van der Waals surface area contributed by atoms with Crippen molar-refractivity contribution in [2.24, 2.45) is 0 Å². The molecule has 0 unspecified atom stereocenters. The van der Waals surface area contributed by atoms with Crippen LogP contribution in [0.1, 0.15) is 16.1 Å². The van der Waals surface area contributed by atoms with E-state index in [0.29, 0.717) is 6.07 Å². The highest BCUT2D eigenvalue weighted by molar-refractivity contribution is 9.10. The molecule has 0 saturated heterocycles. The monoisotopic (exact) mass is 362 g/mol. The van der Waals surface area contributed by atoms with E-state index in [1.54, 1.807) is 0 Å². The van der Waals surface area contributed by atoms with Gasteiger partial charge in [-0.15, -0.1) is 0 Å². The maximum absolute atomic E-state index is 13.1. The molecule has 0 aliphatic heterocycles. The number of benzene rings is 1. The highest BCUT2D eigenvalue weighted by Gasteiger charge is 2.32. The van der Waals surface area contributed by atoms with E-state index in [1.165, 1.54) is 12.1 Å². The van der Waals surface area contributed by atoms with Gasteiger partial charge in [-0.3, -0.25) is 9.78 Å². The van der Waals surface area contributed by atoms with Crippen molar-refractivity contribution in [3.63, 3.8) is 0 Å². The molecule has 1 heterocycles. The number of nitrogens with zero attached hydrogens (tertiary/aromatic N) is 1. The molecule has 1 N–H and O–H groups in total. The van der Waals surface area contributed by atoms with Crippen molar-refractivity contribution in [2.45, 2.75) is 6.18 Å². The number of alkyl halides is 3. The summed E-state index contributed by atoms with van der Waals surface area (Å²) < 4.78 is 50.7. The molecular formula is C13H7BrF4N2O. The lowest BCUT2D eigenvalue weighted by molar-refractivity contribution is -0.141. The highest BCUT2D eigenvalue weighted by atomic mass is 79.9. The van der Waals surface area contributed by atoms with Gasteiger partial charge in [0, 0.05) is 17.4 Å². The minimum absolute atomic E-state index is 0.131. The Bertz CT molecular complexity index is 688. The topological polar surface area (TPSA) is 42.0 Å². The zero-order valence-electron chi connectivity index (χ0n) is 10.2. The largest absolute Gasteiger partial charge is 0.433 e. The first kappa shape index (κ1) is 15.4. The number of pyridine rings is 1. The van der Waals surface area contributed by atoms with Gasteiger partial charge in [-0.05, 0) is 46.3 Å². The molecule has 8 heteroatoms. The van der Waals surface area contributed by atoms with Gasteiger partial charge in [0.25, 0.3) is 5.91 Å². The van der Waals surface area contributed by atoms with Crippen LogP contribution in [0.4, 0.5) is 23.2 Å². The lowest BCUT2D eigenvalue weighted by Gasteiger charge is -2.09. The van der Waals surface area contributed by atoms with Crippen LogP contribution in [0.5, 0.6) is 0 Å². The van der Waals surface area contributed by atoms with E-state index in [9.17, 15) is 22.4 Å². The molecule has 3 nitrogen and oxygen atoms in total. The normalized spacial score (nSPS) is 11.3. The second kappa shape index (κ2) is 5.80. The van der Waals surface area contributed by atoms with Crippen LogP contribution >= 0.6 is 15.9 Å². The average molecular weight is 363 g/mol. The molecule has 0 saturated carbocycles. The van der Waals surface area contributed by atoms with Gasteiger partial charge >= 0.3 is 6.18 Å². The van der Waals surface area contributed by atoms with Crippen LogP contribution in [-0.2, 0) is 6.18 Å². The minimum atomic E-state index is -4.63. The Kier molecular flexibility index (Phi) is 4.26. The summed E-state index contributed by atoms with van der Waals surface area (Å²) in [5.41, 5.74) is -1.10. The van der Waals surface area contributed by atoms with Gasteiger partial charge < -0.3 is 5.32 Å². The van der Waals surface area contributed by atoms with Crippen molar-refractivity contribution in [1.82, 2.24) is 4.98 Å². The van der Waals surface area contributed by atoms with E-state index >= 15 is 0 Å². The quantitative estimate of drug-likeness (QED) is 0.811. The van der Waals surface area contributed by atoms with Crippen molar-refractivity contribution < 1.29 is 22.4 Å². The Morgan fingerprint density at radius 1 is 1.19 bits per heavy atom. The summed E-state index contributed by atoms with van der Waals surface area (Å²) >= 11 is 2.94. The van der Waals surface area contributed by atoms with E-state index in [2.05, 4.69) is 26.2 Å². The van der Waals surface area contributed by atoms with Crippen molar-refractivity contribution in [3.05, 3.63) is 58.1 Å². The Morgan fingerprint density at radius 2 is 1.90 bits per heavy atom. The summed E-state index contributed by atoms with van der Waals surface area (Å²) in [6, 6.07) is 5.52. The number of nitrogens with one attached hydrogen (secondary N) is 1. The number of carbonyl (C=O) groups is 1. The first-order valence-corrected chi connectivity index (χ1v) is 6.36. The van der Waals surface area contributed by atoms with Gasteiger partial charge in [0.05, 0.1) is 4.47 Å². The number of anilines is 1. The summed E-state index contributed by atoms with van der Waals surface area (Å²) in [6.45, 7) is 0. The fraction of sp³-hybridized carbons (Fsp3) is 0.0769. The smallest absolute Gasteiger partial charge is 0.322 e. The van der Waals surface area contributed by atoms with Crippen molar-refractivity contribution >= 4 is 27.5 Å². The summed E-state index contributed by atoms with van der Waals surface area (Å²) in [6.07, 6.45) is -3.73. The van der Waals surface area contributed by atoms with Gasteiger partial charge in [-0.2, -0.15) is 13.2 Å². The van der Waals surface area contributed by atoms with Gasteiger partial charge in [0.2, 0.25) is 0 Å². The summed E-state index contributed by atoms with van der Waals surface area (Å²) in [7, 11) is 0. The van der Waals surface area contributed by atoms with Crippen LogP contribution in [-0.4, -0.2) is 10.9 Å². The van der Waals surface area contributed by atoms with E-state index in [0.717, 1.165) is 18.3 Å². The third-order valence-electron chi connectivity index (χ3n) is 2.49. The van der Waals surface area contributed by atoms with Crippen LogP contribution in [0.2, 0.25) is 0 Å².